The van der Waals surface area contributed by atoms with Gasteiger partial charge in [0.1, 0.15) is 5.75 Å². The Kier molecular flexibility index (Phi) is 4.85. The molecule has 124 valence electrons. The van der Waals surface area contributed by atoms with Crippen LogP contribution >= 0.6 is 0 Å². The van der Waals surface area contributed by atoms with Crippen molar-refractivity contribution in [2.24, 2.45) is 0 Å². The molecule has 0 bridgehead atoms. The van der Waals surface area contributed by atoms with Crippen molar-refractivity contribution in [2.75, 3.05) is 7.05 Å². The number of alkyl halides is 3. The second-order valence-corrected chi connectivity index (χ2v) is 5.42. The molecule has 0 spiro atoms. The summed E-state index contributed by atoms with van der Waals surface area (Å²) in [7, 11) is 1.82. The minimum Gasteiger partial charge on any atom is -0.406 e. The SMILES string of the molecule is CNN1C=CC(c2ccc(OC(F)(F)F)cc2C)=CC1=C(C)C. The molecular weight excluding hydrogens is 305 g/mol. The van der Waals surface area contributed by atoms with E-state index in [1.807, 2.05) is 44.3 Å². The summed E-state index contributed by atoms with van der Waals surface area (Å²) in [6.45, 7) is 5.76. The fraction of sp³-hybridized carbons (Fsp3) is 0.294. The van der Waals surface area contributed by atoms with Crippen LogP contribution in [0.1, 0.15) is 25.0 Å². The van der Waals surface area contributed by atoms with E-state index in [2.05, 4.69) is 10.2 Å². The predicted molar refractivity (Wildman–Crippen MR) is 84.3 cm³/mol. The molecule has 6 heteroatoms. The Bertz CT molecular complexity index is 684. The summed E-state index contributed by atoms with van der Waals surface area (Å²) in [5.41, 5.74) is 7.69. The van der Waals surface area contributed by atoms with Gasteiger partial charge in [-0.15, -0.1) is 13.2 Å². The Morgan fingerprint density at radius 2 is 1.91 bits per heavy atom. The molecule has 0 unspecified atom stereocenters. The maximum absolute atomic E-state index is 12.3. The Hall–Kier alpha value is -2.21. The molecule has 2 rings (SSSR count). The van der Waals surface area contributed by atoms with Gasteiger partial charge in [-0.2, -0.15) is 0 Å². The highest BCUT2D eigenvalue weighted by Gasteiger charge is 2.31. The van der Waals surface area contributed by atoms with E-state index < -0.39 is 6.36 Å². The molecule has 0 aliphatic carbocycles. The van der Waals surface area contributed by atoms with Gasteiger partial charge in [-0.3, -0.25) is 5.01 Å². The maximum atomic E-state index is 12.3. The van der Waals surface area contributed by atoms with Crippen LogP contribution in [0.4, 0.5) is 13.2 Å². The fourth-order valence-corrected chi connectivity index (χ4v) is 2.41. The van der Waals surface area contributed by atoms with Crippen molar-refractivity contribution < 1.29 is 17.9 Å². The quantitative estimate of drug-likeness (QED) is 0.884. The van der Waals surface area contributed by atoms with Gasteiger partial charge in [0.25, 0.3) is 0 Å². The van der Waals surface area contributed by atoms with Crippen LogP contribution in [-0.4, -0.2) is 18.4 Å². The predicted octanol–water partition coefficient (Wildman–Crippen LogP) is 4.53. The van der Waals surface area contributed by atoms with Crippen LogP contribution in [0.15, 0.2) is 47.8 Å². The third kappa shape index (κ3) is 4.16. The Balaban J connectivity index is 2.36. The summed E-state index contributed by atoms with van der Waals surface area (Å²) in [4.78, 5) is 0. The molecule has 0 saturated heterocycles. The van der Waals surface area contributed by atoms with Crippen LogP contribution in [0, 0.1) is 6.92 Å². The van der Waals surface area contributed by atoms with Crippen molar-refractivity contribution >= 4 is 5.57 Å². The number of ether oxygens (including phenoxy) is 1. The summed E-state index contributed by atoms with van der Waals surface area (Å²) in [5.74, 6) is -0.210. The van der Waals surface area contributed by atoms with E-state index in [9.17, 15) is 13.2 Å². The zero-order chi connectivity index (χ0) is 17.2. The number of hydrazine groups is 1. The van der Waals surface area contributed by atoms with Crippen LogP contribution < -0.4 is 10.2 Å². The lowest BCUT2D eigenvalue weighted by atomic mass is 9.97. The molecule has 1 aromatic rings. The van der Waals surface area contributed by atoms with Crippen LogP contribution in [0.3, 0.4) is 0 Å². The number of aryl methyl sites for hydroxylation is 1. The molecular formula is C17H19F3N2O. The molecule has 3 nitrogen and oxygen atoms in total. The van der Waals surface area contributed by atoms with Gasteiger partial charge < -0.3 is 4.74 Å². The van der Waals surface area contributed by atoms with E-state index in [1.165, 1.54) is 12.1 Å². The number of allylic oxidation sites excluding steroid dienone is 4. The van der Waals surface area contributed by atoms with Gasteiger partial charge in [-0.05, 0) is 61.8 Å². The number of halogens is 3. The third-order valence-electron chi connectivity index (χ3n) is 3.45. The Morgan fingerprint density at radius 3 is 2.43 bits per heavy atom. The van der Waals surface area contributed by atoms with E-state index in [0.717, 1.165) is 22.4 Å². The normalized spacial score (nSPS) is 14.8. The molecule has 0 saturated carbocycles. The molecule has 0 fully saturated rings. The van der Waals surface area contributed by atoms with Gasteiger partial charge in [0.05, 0.1) is 5.70 Å². The Morgan fingerprint density at radius 1 is 1.22 bits per heavy atom. The highest BCUT2D eigenvalue weighted by Crippen LogP contribution is 2.31. The second-order valence-electron chi connectivity index (χ2n) is 5.42. The largest absolute Gasteiger partial charge is 0.573 e. The lowest BCUT2D eigenvalue weighted by Gasteiger charge is -2.26. The molecule has 0 aromatic heterocycles. The van der Waals surface area contributed by atoms with Crippen LogP contribution in [0.25, 0.3) is 5.57 Å². The minimum atomic E-state index is -4.68. The van der Waals surface area contributed by atoms with Gasteiger partial charge in [0, 0.05) is 13.2 Å². The van der Waals surface area contributed by atoms with E-state index in [4.69, 9.17) is 0 Å². The van der Waals surface area contributed by atoms with E-state index in [1.54, 1.807) is 13.0 Å². The van der Waals surface area contributed by atoms with Crippen molar-refractivity contribution in [1.82, 2.24) is 10.4 Å². The summed E-state index contributed by atoms with van der Waals surface area (Å²) in [5, 5.41) is 1.88. The minimum absolute atomic E-state index is 0.210. The zero-order valence-corrected chi connectivity index (χ0v) is 13.5. The molecule has 0 atom stereocenters. The molecule has 1 aromatic carbocycles. The second kappa shape index (κ2) is 6.50. The van der Waals surface area contributed by atoms with Gasteiger partial charge >= 0.3 is 6.36 Å². The number of benzene rings is 1. The van der Waals surface area contributed by atoms with E-state index in [-0.39, 0.29) is 5.75 Å². The standard InChI is InChI=1S/C17H19F3N2O/c1-11(2)16-10-13(7-8-22(16)21-4)15-6-5-14(9-12(15)3)23-17(18,19)20/h5-10,21H,1-4H3. The lowest BCUT2D eigenvalue weighted by molar-refractivity contribution is -0.274. The summed E-state index contributed by atoms with van der Waals surface area (Å²) in [6.07, 6.45) is 1.12. The van der Waals surface area contributed by atoms with E-state index >= 15 is 0 Å². The van der Waals surface area contributed by atoms with Gasteiger partial charge in [0.15, 0.2) is 0 Å². The summed E-state index contributed by atoms with van der Waals surface area (Å²) < 4.78 is 40.8. The number of rotatable bonds is 3. The maximum Gasteiger partial charge on any atom is 0.573 e. The molecule has 1 heterocycles. The summed E-state index contributed by atoms with van der Waals surface area (Å²) in [6, 6.07) is 4.37. The van der Waals surface area contributed by atoms with Crippen molar-refractivity contribution in [3.05, 3.63) is 58.9 Å². The first-order valence-corrected chi connectivity index (χ1v) is 7.12. The average molecular weight is 324 g/mol. The van der Waals surface area contributed by atoms with Crippen LogP contribution in [-0.2, 0) is 0 Å². The topological polar surface area (TPSA) is 24.5 Å². The highest BCUT2D eigenvalue weighted by atomic mass is 19.4. The third-order valence-corrected chi connectivity index (χ3v) is 3.45. The van der Waals surface area contributed by atoms with E-state index in [0.29, 0.717) is 5.56 Å². The van der Waals surface area contributed by atoms with Gasteiger partial charge in [0.2, 0.25) is 0 Å². The van der Waals surface area contributed by atoms with Gasteiger partial charge in [-0.25, -0.2) is 5.43 Å². The number of hydrogen-bond acceptors (Lipinski definition) is 3. The molecule has 0 amide bonds. The van der Waals surface area contributed by atoms with Crippen LogP contribution in [0.2, 0.25) is 0 Å². The first-order chi connectivity index (χ1) is 10.7. The zero-order valence-electron chi connectivity index (χ0n) is 13.5. The first kappa shape index (κ1) is 17.1. The van der Waals surface area contributed by atoms with Crippen molar-refractivity contribution in [1.29, 1.82) is 0 Å². The monoisotopic (exact) mass is 324 g/mol. The number of hydrogen-bond donors (Lipinski definition) is 1. The average Bonchev–Trinajstić information content (AvgIpc) is 2.45. The smallest absolute Gasteiger partial charge is 0.406 e. The fourth-order valence-electron chi connectivity index (χ4n) is 2.41. The number of nitrogens with zero attached hydrogens (tertiary/aromatic N) is 1. The Labute approximate surface area is 133 Å². The highest BCUT2D eigenvalue weighted by molar-refractivity contribution is 5.79. The molecule has 23 heavy (non-hydrogen) atoms. The van der Waals surface area contributed by atoms with Crippen molar-refractivity contribution in [3.63, 3.8) is 0 Å². The molecule has 1 aliphatic rings. The molecule has 1 N–H and O–H groups in total. The molecule has 1 aliphatic heterocycles. The first-order valence-electron chi connectivity index (χ1n) is 7.12. The van der Waals surface area contributed by atoms with Crippen molar-refractivity contribution in [3.8, 4) is 5.75 Å². The molecule has 0 radical (unpaired) electrons. The van der Waals surface area contributed by atoms with Crippen LogP contribution in [0.5, 0.6) is 5.75 Å². The number of nitrogens with one attached hydrogen (secondary N) is 1. The van der Waals surface area contributed by atoms with Gasteiger partial charge in [-0.1, -0.05) is 11.6 Å². The summed E-state index contributed by atoms with van der Waals surface area (Å²) >= 11 is 0. The van der Waals surface area contributed by atoms with Crippen molar-refractivity contribution in [2.45, 2.75) is 27.1 Å². The lowest BCUT2D eigenvalue weighted by Crippen LogP contribution is -2.30.